The van der Waals surface area contributed by atoms with Crippen molar-refractivity contribution in [2.75, 3.05) is 13.1 Å². The molecule has 2 N–H and O–H groups in total. The van der Waals surface area contributed by atoms with E-state index in [-0.39, 0.29) is 17.4 Å². The Bertz CT molecular complexity index is 989. The average Bonchev–Trinajstić information content (AvgIpc) is 3.17. The van der Waals surface area contributed by atoms with E-state index >= 15 is 0 Å². The highest BCUT2D eigenvalue weighted by Crippen LogP contribution is 2.38. The molecule has 6 nitrogen and oxygen atoms in total. The van der Waals surface area contributed by atoms with Crippen molar-refractivity contribution in [3.05, 3.63) is 35.5 Å². The van der Waals surface area contributed by atoms with Gasteiger partial charge in [0.25, 0.3) is 5.91 Å². The first kappa shape index (κ1) is 22.8. The lowest BCUT2D eigenvalue weighted by atomic mass is 9.90. The predicted octanol–water partition coefficient (Wildman–Crippen LogP) is 3.86. The van der Waals surface area contributed by atoms with Crippen molar-refractivity contribution in [1.29, 1.82) is 0 Å². The smallest absolute Gasteiger partial charge is 0.253 e. The number of aromatic nitrogens is 1. The summed E-state index contributed by atoms with van der Waals surface area (Å²) in [6.07, 6.45) is 6.40. The molecule has 0 saturated carbocycles. The number of carbonyl (C=O) groups is 2. The molecule has 2 fully saturated rings. The summed E-state index contributed by atoms with van der Waals surface area (Å²) in [7, 11) is 0. The zero-order valence-electron chi connectivity index (χ0n) is 20.2. The second kappa shape index (κ2) is 8.89. The zero-order chi connectivity index (χ0) is 23.0. The number of aryl methyl sites for hydroxylation is 2. The van der Waals surface area contributed by atoms with Crippen molar-refractivity contribution in [2.45, 2.75) is 84.5 Å². The minimum Gasteiger partial charge on any atom is -0.352 e. The lowest BCUT2D eigenvalue weighted by molar-refractivity contribution is -0.125. The van der Waals surface area contributed by atoms with Gasteiger partial charge < -0.3 is 15.2 Å². The van der Waals surface area contributed by atoms with Crippen LogP contribution in [0.4, 0.5) is 0 Å². The Balaban J connectivity index is 1.36. The largest absolute Gasteiger partial charge is 0.352 e. The van der Waals surface area contributed by atoms with Crippen LogP contribution in [0.25, 0.3) is 10.9 Å². The molecule has 2 aliphatic rings. The van der Waals surface area contributed by atoms with E-state index < -0.39 is 0 Å². The van der Waals surface area contributed by atoms with Gasteiger partial charge in [-0.3, -0.25) is 14.5 Å². The number of fused-ring (bicyclic) bond motifs is 3. The van der Waals surface area contributed by atoms with Gasteiger partial charge in [-0.15, -0.1) is 0 Å². The molecule has 4 rings (SSSR count). The molecule has 3 heterocycles. The number of nitrogens with zero attached hydrogens (tertiary/aromatic N) is 2. The fraction of sp³-hybridized carbons (Fsp3) is 0.615. The molecular weight excluding hydrogens is 400 g/mol. The third-order valence-corrected chi connectivity index (χ3v) is 7.00. The van der Waals surface area contributed by atoms with Gasteiger partial charge in [-0.05, 0) is 78.4 Å². The predicted molar refractivity (Wildman–Crippen MR) is 129 cm³/mol. The van der Waals surface area contributed by atoms with Crippen LogP contribution in [0.5, 0.6) is 0 Å². The van der Waals surface area contributed by atoms with Gasteiger partial charge in [-0.1, -0.05) is 11.6 Å². The molecule has 6 heteroatoms. The topological polar surface area (TPSA) is 66.4 Å². The highest BCUT2D eigenvalue weighted by atomic mass is 16.2. The van der Waals surface area contributed by atoms with Gasteiger partial charge in [-0.2, -0.15) is 0 Å². The van der Waals surface area contributed by atoms with Crippen molar-refractivity contribution in [2.24, 2.45) is 5.92 Å². The third kappa shape index (κ3) is 4.85. The number of rotatable bonds is 6. The highest BCUT2D eigenvalue weighted by Gasteiger charge is 2.41. The molecule has 2 aliphatic heterocycles. The van der Waals surface area contributed by atoms with Crippen molar-refractivity contribution in [3.63, 3.8) is 0 Å². The fourth-order valence-corrected chi connectivity index (χ4v) is 5.62. The summed E-state index contributed by atoms with van der Waals surface area (Å²) in [6.45, 7) is 12.3. The molecule has 32 heavy (non-hydrogen) atoms. The number of nitrogens with one attached hydrogen (secondary N) is 2. The van der Waals surface area contributed by atoms with Crippen LogP contribution in [0, 0.1) is 12.8 Å². The van der Waals surface area contributed by atoms with Crippen LogP contribution in [0.15, 0.2) is 24.4 Å². The Morgan fingerprint density at radius 3 is 2.44 bits per heavy atom. The van der Waals surface area contributed by atoms with Crippen LogP contribution in [0.3, 0.4) is 0 Å². The Morgan fingerprint density at radius 1 is 1.12 bits per heavy atom. The molecule has 1 aromatic carbocycles. The molecule has 2 aromatic rings. The molecule has 2 amide bonds. The number of hydrogen-bond donors (Lipinski definition) is 2. The van der Waals surface area contributed by atoms with Gasteiger partial charge in [0.1, 0.15) is 0 Å². The van der Waals surface area contributed by atoms with Crippen LogP contribution < -0.4 is 10.6 Å². The molecular formula is C26H38N4O2. The van der Waals surface area contributed by atoms with Gasteiger partial charge in [-0.25, -0.2) is 0 Å². The van der Waals surface area contributed by atoms with Gasteiger partial charge in [0, 0.05) is 47.8 Å². The summed E-state index contributed by atoms with van der Waals surface area (Å²) < 4.78 is 2.14. The van der Waals surface area contributed by atoms with E-state index in [4.69, 9.17) is 0 Å². The minimum absolute atomic E-state index is 0.0205. The molecule has 174 valence electrons. The van der Waals surface area contributed by atoms with Crippen molar-refractivity contribution >= 4 is 22.7 Å². The lowest BCUT2D eigenvalue weighted by Gasteiger charge is -2.39. The SMILES string of the molecule is CCn1cc(C(=O)NCC2C[C@H]3CC[C@@H](C2)N3CC(=O)NC(C)(C)C)c2cc(C)ccc21. The number of piperidine rings is 1. The first-order valence-corrected chi connectivity index (χ1v) is 12.1. The Labute approximate surface area is 191 Å². The van der Waals surface area contributed by atoms with Gasteiger partial charge in [0.2, 0.25) is 5.91 Å². The zero-order valence-corrected chi connectivity index (χ0v) is 20.2. The summed E-state index contributed by atoms with van der Waals surface area (Å²) >= 11 is 0. The van der Waals surface area contributed by atoms with Gasteiger partial charge in [0.05, 0.1) is 12.1 Å². The van der Waals surface area contributed by atoms with Crippen LogP contribution in [-0.2, 0) is 11.3 Å². The first-order valence-electron chi connectivity index (χ1n) is 12.1. The van der Waals surface area contributed by atoms with Gasteiger partial charge in [0.15, 0.2) is 0 Å². The van der Waals surface area contributed by atoms with E-state index in [9.17, 15) is 9.59 Å². The first-order chi connectivity index (χ1) is 15.1. The number of carbonyl (C=O) groups excluding carboxylic acids is 2. The summed E-state index contributed by atoms with van der Waals surface area (Å²) in [5.74, 6) is 0.607. The second-order valence-electron chi connectivity index (χ2n) is 10.8. The Morgan fingerprint density at radius 2 is 1.81 bits per heavy atom. The van der Waals surface area contributed by atoms with Crippen LogP contribution in [-0.4, -0.2) is 52.0 Å². The van der Waals surface area contributed by atoms with Crippen LogP contribution in [0.2, 0.25) is 0 Å². The second-order valence-corrected chi connectivity index (χ2v) is 10.8. The lowest BCUT2D eigenvalue weighted by Crippen LogP contribution is -2.52. The molecule has 2 bridgehead atoms. The van der Waals surface area contributed by atoms with Crippen molar-refractivity contribution in [3.8, 4) is 0 Å². The maximum atomic E-state index is 13.1. The normalized spacial score (nSPS) is 23.5. The standard InChI is InChI=1S/C26H38N4O2/c1-6-29-15-22(21-11-17(2)7-10-23(21)29)25(32)27-14-18-12-19-8-9-20(13-18)30(19)16-24(31)28-26(3,4)5/h7,10-11,15,18-20H,6,8-9,12-14,16H2,1-5H3,(H,27,32)(H,28,31)/t18?,19-,20+. The van der Waals surface area contributed by atoms with Crippen LogP contribution >= 0.6 is 0 Å². The average molecular weight is 439 g/mol. The highest BCUT2D eigenvalue weighted by molar-refractivity contribution is 6.07. The summed E-state index contributed by atoms with van der Waals surface area (Å²) in [6, 6.07) is 7.21. The molecule has 1 unspecified atom stereocenters. The summed E-state index contributed by atoms with van der Waals surface area (Å²) in [5, 5.41) is 7.35. The van der Waals surface area contributed by atoms with E-state index in [2.05, 4.69) is 52.1 Å². The third-order valence-electron chi connectivity index (χ3n) is 7.00. The Kier molecular flexibility index (Phi) is 6.35. The van der Waals surface area contributed by atoms with E-state index in [0.717, 1.165) is 48.7 Å². The fourth-order valence-electron chi connectivity index (χ4n) is 5.62. The van der Waals surface area contributed by atoms with E-state index in [0.29, 0.717) is 31.1 Å². The molecule has 0 radical (unpaired) electrons. The van der Waals surface area contributed by atoms with E-state index in [1.54, 1.807) is 0 Å². The summed E-state index contributed by atoms with van der Waals surface area (Å²) in [5.41, 5.74) is 2.85. The Hall–Kier alpha value is -2.34. The monoisotopic (exact) mass is 438 g/mol. The van der Waals surface area contributed by atoms with Crippen LogP contribution in [0.1, 0.15) is 69.3 Å². The van der Waals surface area contributed by atoms with Crippen molar-refractivity contribution in [1.82, 2.24) is 20.1 Å². The molecule has 2 saturated heterocycles. The number of amides is 2. The quantitative estimate of drug-likeness (QED) is 0.720. The molecule has 3 atom stereocenters. The maximum absolute atomic E-state index is 13.1. The molecule has 1 aromatic heterocycles. The van der Waals surface area contributed by atoms with Crippen molar-refractivity contribution < 1.29 is 9.59 Å². The van der Waals surface area contributed by atoms with E-state index in [1.807, 2.05) is 27.0 Å². The molecule has 0 aliphatic carbocycles. The van der Waals surface area contributed by atoms with Gasteiger partial charge >= 0.3 is 0 Å². The molecule has 0 spiro atoms. The minimum atomic E-state index is -0.196. The summed E-state index contributed by atoms with van der Waals surface area (Å²) in [4.78, 5) is 27.9. The number of benzene rings is 1. The number of hydrogen-bond acceptors (Lipinski definition) is 3. The maximum Gasteiger partial charge on any atom is 0.253 e. The van der Waals surface area contributed by atoms with E-state index in [1.165, 1.54) is 5.56 Å².